The maximum atomic E-state index is 12.5. The first kappa shape index (κ1) is 9.67. The van der Waals surface area contributed by atoms with Gasteiger partial charge in [-0.2, -0.15) is 0 Å². The Morgan fingerprint density at radius 2 is 2.00 bits per heavy atom. The Morgan fingerprint density at radius 1 is 1.46 bits per heavy atom. The zero-order valence-electron chi connectivity index (χ0n) is 7.16. The van der Waals surface area contributed by atoms with Crippen LogP contribution in [0.15, 0.2) is 24.3 Å². The number of amides is 1. The van der Waals surface area contributed by atoms with Gasteiger partial charge in [0.2, 0.25) is 0 Å². The van der Waals surface area contributed by atoms with Crippen molar-refractivity contribution in [3.8, 4) is 0 Å². The Labute approximate surface area is 75.3 Å². The number of benzene rings is 1. The zero-order valence-corrected chi connectivity index (χ0v) is 7.16. The van der Waals surface area contributed by atoms with Crippen LogP contribution in [0.1, 0.15) is 11.7 Å². The summed E-state index contributed by atoms with van der Waals surface area (Å²) in [6, 6.07) is 5.44. The molecule has 1 aromatic carbocycles. The van der Waals surface area contributed by atoms with Crippen LogP contribution in [0.5, 0.6) is 0 Å². The summed E-state index contributed by atoms with van der Waals surface area (Å²) >= 11 is 0. The van der Waals surface area contributed by atoms with Crippen LogP contribution in [0.4, 0.5) is 4.39 Å². The molecule has 2 N–H and O–H groups in total. The van der Waals surface area contributed by atoms with Gasteiger partial charge in [0.25, 0.3) is 5.91 Å². The summed E-state index contributed by atoms with van der Waals surface area (Å²) in [6.07, 6.45) is -0.805. The highest BCUT2D eigenvalue weighted by Gasteiger charge is 2.15. The molecule has 0 fully saturated rings. The Morgan fingerprint density at radius 3 is 2.38 bits per heavy atom. The van der Waals surface area contributed by atoms with E-state index in [-0.39, 0.29) is 5.82 Å². The van der Waals surface area contributed by atoms with Gasteiger partial charge in [-0.25, -0.2) is 4.39 Å². The number of nitrogens with two attached hydrogens (primary N) is 1. The fraction of sp³-hybridized carbons (Fsp3) is 0.222. The number of methoxy groups -OCH3 is 1. The second kappa shape index (κ2) is 4.00. The summed E-state index contributed by atoms with van der Waals surface area (Å²) in [4.78, 5) is 10.8. The van der Waals surface area contributed by atoms with Gasteiger partial charge in [0.1, 0.15) is 5.82 Å². The zero-order chi connectivity index (χ0) is 9.84. The molecule has 0 radical (unpaired) electrons. The van der Waals surface area contributed by atoms with Crippen LogP contribution in [0.3, 0.4) is 0 Å². The number of carbonyl (C=O) groups excluding carboxylic acids is 1. The minimum absolute atomic E-state index is 0.358. The van der Waals surface area contributed by atoms with Crippen molar-refractivity contribution >= 4 is 5.91 Å². The Kier molecular flexibility index (Phi) is 2.97. The van der Waals surface area contributed by atoms with E-state index in [1.807, 2.05) is 0 Å². The molecule has 0 aliphatic heterocycles. The van der Waals surface area contributed by atoms with Gasteiger partial charge >= 0.3 is 0 Å². The molecule has 1 unspecified atom stereocenters. The standard InChI is InChI=1S/C9H10FNO2/c1-13-8(9(11)12)6-2-4-7(10)5-3-6/h2-5,8H,1H3,(H2,11,12). The van der Waals surface area contributed by atoms with Crippen LogP contribution in [0.25, 0.3) is 0 Å². The van der Waals surface area contributed by atoms with E-state index in [0.717, 1.165) is 0 Å². The molecule has 1 rings (SSSR count). The second-order valence-electron chi connectivity index (χ2n) is 2.57. The van der Waals surface area contributed by atoms with Crippen molar-refractivity contribution in [1.82, 2.24) is 0 Å². The first-order valence-corrected chi connectivity index (χ1v) is 3.72. The van der Waals surface area contributed by atoms with E-state index in [0.29, 0.717) is 5.56 Å². The molecule has 0 saturated heterocycles. The van der Waals surface area contributed by atoms with Crippen molar-refractivity contribution in [3.63, 3.8) is 0 Å². The van der Waals surface area contributed by atoms with Crippen molar-refractivity contribution in [3.05, 3.63) is 35.6 Å². The van der Waals surface area contributed by atoms with Gasteiger partial charge in [-0.05, 0) is 17.7 Å². The van der Waals surface area contributed by atoms with Gasteiger partial charge in [0.15, 0.2) is 6.10 Å². The highest BCUT2D eigenvalue weighted by atomic mass is 19.1. The summed E-state index contributed by atoms with van der Waals surface area (Å²) in [5.74, 6) is -0.947. The lowest BCUT2D eigenvalue weighted by atomic mass is 10.1. The average molecular weight is 183 g/mol. The first-order chi connectivity index (χ1) is 6.15. The molecule has 70 valence electrons. The topological polar surface area (TPSA) is 52.3 Å². The number of hydrogen-bond acceptors (Lipinski definition) is 2. The SMILES string of the molecule is COC(C(N)=O)c1ccc(F)cc1. The molecule has 0 heterocycles. The third kappa shape index (κ3) is 2.26. The molecule has 0 saturated carbocycles. The molecule has 1 aromatic rings. The highest BCUT2D eigenvalue weighted by molar-refractivity contribution is 5.80. The average Bonchev–Trinajstić information content (AvgIpc) is 2.09. The van der Waals surface area contributed by atoms with Gasteiger partial charge in [-0.15, -0.1) is 0 Å². The van der Waals surface area contributed by atoms with Crippen molar-refractivity contribution in [2.24, 2.45) is 5.73 Å². The minimum atomic E-state index is -0.805. The second-order valence-corrected chi connectivity index (χ2v) is 2.57. The van der Waals surface area contributed by atoms with Crippen molar-refractivity contribution < 1.29 is 13.9 Å². The van der Waals surface area contributed by atoms with Crippen molar-refractivity contribution in [2.75, 3.05) is 7.11 Å². The monoisotopic (exact) mass is 183 g/mol. The van der Waals surface area contributed by atoms with Crippen LogP contribution < -0.4 is 5.73 Å². The fourth-order valence-electron chi connectivity index (χ4n) is 1.05. The van der Waals surface area contributed by atoms with Crippen LogP contribution in [-0.2, 0) is 9.53 Å². The smallest absolute Gasteiger partial charge is 0.251 e. The molecule has 0 aromatic heterocycles. The van der Waals surface area contributed by atoms with E-state index in [1.54, 1.807) is 0 Å². The maximum absolute atomic E-state index is 12.5. The number of carbonyl (C=O) groups is 1. The van der Waals surface area contributed by atoms with Gasteiger partial charge in [-0.1, -0.05) is 12.1 Å². The van der Waals surface area contributed by atoms with Crippen molar-refractivity contribution in [2.45, 2.75) is 6.10 Å². The van der Waals surface area contributed by atoms with E-state index < -0.39 is 12.0 Å². The molecule has 0 spiro atoms. The molecule has 0 bridgehead atoms. The van der Waals surface area contributed by atoms with E-state index in [2.05, 4.69) is 0 Å². The summed E-state index contributed by atoms with van der Waals surface area (Å²) in [5, 5.41) is 0. The Hall–Kier alpha value is -1.42. The summed E-state index contributed by atoms with van der Waals surface area (Å²) < 4.78 is 17.3. The predicted octanol–water partition coefficient (Wildman–Crippen LogP) is 0.998. The lowest BCUT2D eigenvalue weighted by molar-refractivity contribution is -0.128. The van der Waals surface area contributed by atoms with Crippen LogP contribution in [0.2, 0.25) is 0 Å². The Bertz CT molecular complexity index is 297. The third-order valence-corrected chi connectivity index (χ3v) is 1.67. The molecule has 13 heavy (non-hydrogen) atoms. The van der Waals surface area contributed by atoms with E-state index >= 15 is 0 Å². The van der Waals surface area contributed by atoms with Crippen LogP contribution >= 0.6 is 0 Å². The van der Waals surface area contributed by atoms with Gasteiger partial charge in [-0.3, -0.25) is 4.79 Å². The number of rotatable bonds is 3. The molecular weight excluding hydrogens is 173 g/mol. The van der Waals surface area contributed by atoms with E-state index in [1.165, 1.54) is 31.4 Å². The van der Waals surface area contributed by atoms with Gasteiger partial charge in [0, 0.05) is 7.11 Å². The maximum Gasteiger partial charge on any atom is 0.251 e. The lowest BCUT2D eigenvalue weighted by Crippen LogP contribution is -2.22. The normalized spacial score (nSPS) is 12.5. The van der Waals surface area contributed by atoms with E-state index in [4.69, 9.17) is 10.5 Å². The third-order valence-electron chi connectivity index (χ3n) is 1.67. The van der Waals surface area contributed by atoms with Crippen LogP contribution in [-0.4, -0.2) is 13.0 Å². The largest absolute Gasteiger partial charge is 0.367 e. The number of primary amides is 1. The lowest BCUT2D eigenvalue weighted by Gasteiger charge is -2.10. The number of halogens is 1. The predicted molar refractivity (Wildman–Crippen MR) is 45.3 cm³/mol. The summed E-state index contributed by atoms with van der Waals surface area (Å²) in [6.45, 7) is 0. The quantitative estimate of drug-likeness (QED) is 0.759. The Balaban J connectivity index is 2.92. The number of ether oxygens (including phenoxy) is 1. The number of hydrogen-bond donors (Lipinski definition) is 1. The van der Waals surface area contributed by atoms with E-state index in [9.17, 15) is 9.18 Å². The minimum Gasteiger partial charge on any atom is -0.367 e. The molecule has 0 aliphatic rings. The molecule has 3 nitrogen and oxygen atoms in total. The summed E-state index contributed by atoms with van der Waals surface area (Å²) in [5.41, 5.74) is 5.61. The van der Waals surface area contributed by atoms with Gasteiger partial charge in [0.05, 0.1) is 0 Å². The molecule has 4 heteroatoms. The van der Waals surface area contributed by atoms with Crippen LogP contribution in [0, 0.1) is 5.82 Å². The molecule has 0 aliphatic carbocycles. The molecule has 1 amide bonds. The first-order valence-electron chi connectivity index (χ1n) is 3.72. The molecular formula is C9H10FNO2. The fourth-order valence-corrected chi connectivity index (χ4v) is 1.05. The van der Waals surface area contributed by atoms with Crippen molar-refractivity contribution in [1.29, 1.82) is 0 Å². The summed E-state index contributed by atoms with van der Waals surface area (Å²) in [7, 11) is 1.37. The highest BCUT2D eigenvalue weighted by Crippen LogP contribution is 2.15. The van der Waals surface area contributed by atoms with Gasteiger partial charge < -0.3 is 10.5 Å². The molecule has 1 atom stereocenters.